The summed E-state index contributed by atoms with van der Waals surface area (Å²) in [5.41, 5.74) is 1.19. The van der Waals surface area contributed by atoms with E-state index in [1.54, 1.807) is 7.11 Å². The lowest BCUT2D eigenvalue weighted by molar-refractivity contribution is 0.199. The van der Waals surface area contributed by atoms with E-state index in [2.05, 4.69) is 26.1 Å². The van der Waals surface area contributed by atoms with Crippen LogP contribution < -0.4 is 10.1 Å². The average molecular weight is 314 g/mol. The SMILES string of the molecule is COCCNCCCCOc1ccc(Cl)cc1C(C)(C)C. The zero-order valence-corrected chi connectivity index (χ0v) is 14.4. The monoisotopic (exact) mass is 313 g/mol. The Kier molecular flexibility index (Phi) is 8.09. The summed E-state index contributed by atoms with van der Waals surface area (Å²) >= 11 is 6.09. The van der Waals surface area contributed by atoms with E-state index in [9.17, 15) is 0 Å². The standard InChI is InChI=1S/C17H28ClNO2/c1-17(2,3)15-13-14(18)7-8-16(15)21-11-6-5-9-19-10-12-20-4/h7-8,13,19H,5-6,9-12H2,1-4H3. The van der Waals surface area contributed by atoms with Crippen LogP contribution in [0.3, 0.4) is 0 Å². The van der Waals surface area contributed by atoms with Crippen LogP contribution in [0.25, 0.3) is 0 Å². The van der Waals surface area contributed by atoms with E-state index in [1.807, 2.05) is 18.2 Å². The molecule has 0 atom stereocenters. The molecule has 21 heavy (non-hydrogen) atoms. The molecule has 0 bridgehead atoms. The number of nitrogens with one attached hydrogen (secondary N) is 1. The van der Waals surface area contributed by atoms with Crippen LogP contribution >= 0.6 is 11.6 Å². The molecule has 1 rings (SSSR count). The van der Waals surface area contributed by atoms with Crippen LogP contribution in [-0.4, -0.2) is 33.4 Å². The number of unbranched alkanes of at least 4 members (excludes halogenated alkanes) is 1. The lowest BCUT2D eigenvalue weighted by Gasteiger charge is -2.23. The highest BCUT2D eigenvalue weighted by atomic mass is 35.5. The van der Waals surface area contributed by atoms with Crippen LogP contribution in [0.15, 0.2) is 18.2 Å². The molecule has 0 aliphatic heterocycles. The Morgan fingerprint density at radius 3 is 2.52 bits per heavy atom. The molecule has 0 saturated heterocycles. The molecule has 1 N–H and O–H groups in total. The van der Waals surface area contributed by atoms with Crippen molar-refractivity contribution in [2.24, 2.45) is 0 Å². The summed E-state index contributed by atoms with van der Waals surface area (Å²) in [5.74, 6) is 0.944. The fourth-order valence-electron chi connectivity index (χ4n) is 2.05. The van der Waals surface area contributed by atoms with Gasteiger partial charge in [-0.25, -0.2) is 0 Å². The Hall–Kier alpha value is -0.770. The third kappa shape index (κ3) is 7.16. The van der Waals surface area contributed by atoms with Gasteiger partial charge in [0, 0.05) is 24.2 Å². The minimum atomic E-state index is 0.0297. The molecule has 0 spiro atoms. The van der Waals surface area contributed by atoms with Crippen molar-refractivity contribution in [3.63, 3.8) is 0 Å². The Labute approximate surface area is 134 Å². The lowest BCUT2D eigenvalue weighted by atomic mass is 9.86. The maximum Gasteiger partial charge on any atom is 0.123 e. The molecule has 0 saturated carbocycles. The first kappa shape index (κ1) is 18.3. The van der Waals surface area contributed by atoms with E-state index in [0.29, 0.717) is 0 Å². The molecule has 0 aromatic heterocycles. The molecule has 1 aromatic carbocycles. The molecule has 0 fully saturated rings. The fourth-order valence-corrected chi connectivity index (χ4v) is 2.22. The van der Waals surface area contributed by atoms with Crippen LogP contribution in [0.1, 0.15) is 39.2 Å². The first-order chi connectivity index (χ1) is 9.95. The van der Waals surface area contributed by atoms with Gasteiger partial charge >= 0.3 is 0 Å². The molecule has 1 aromatic rings. The Bertz CT molecular complexity index is 416. The van der Waals surface area contributed by atoms with Gasteiger partial charge in [-0.3, -0.25) is 0 Å². The van der Waals surface area contributed by atoms with Gasteiger partial charge in [-0.15, -0.1) is 0 Å². The first-order valence-corrected chi connectivity index (χ1v) is 7.95. The van der Waals surface area contributed by atoms with Gasteiger partial charge in [0.15, 0.2) is 0 Å². The second kappa shape index (κ2) is 9.29. The van der Waals surface area contributed by atoms with Crippen molar-refractivity contribution < 1.29 is 9.47 Å². The maximum atomic E-state index is 6.09. The van der Waals surface area contributed by atoms with Crippen molar-refractivity contribution in [2.75, 3.05) is 33.4 Å². The maximum absolute atomic E-state index is 6.09. The van der Waals surface area contributed by atoms with Crippen molar-refractivity contribution in [1.29, 1.82) is 0 Å². The molecule has 0 aliphatic carbocycles. The fraction of sp³-hybridized carbons (Fsp3) is 0.647. The summed E-state index contributed by atoms with van der Waals surface area (Å²) in [6.07, 6.45) is 2.13. The normalized spacial score (nSPS) is 11.7. The molecule has 120 valence electrons. The van der Waals surface area contributed by atoms with Crippen LogP contribution in [0, 0.1) is 0 Å². The van der Waals surface area contributed by atoms with Crippen LogP contribution in [0.2, 0.25) is 5.02 Å². The molecule has 0 heterocycles. The predicted octanol–water partition coefficient (Wildman–Crippen LogP) is 4.03. The van der Waals surface area contributed by atoms with Crippen molar-refractivity contribution in [3.8, 4) is 5.75 Å². The predicted molar refractivity (Wildman–Crippen MR) is 89.6 cm³/mol. The summed E-state index contributed by atoms with van der Waals surface area (Å²) in [4.78, 5) is 0. The average Bonchev–Trinajstić information content (AvgIpc) is 2.42. The van der Waals surface area contributed by atoms with E-state index in [4.69, 9.17) is 21.1 Å². The Morgan fingerprint density at radius 2 is 1.86 bits per heavy atom. The van der Waals surface area contributed by atoms with Gasteiger partial charge in [0.05, 0.1) is 13.2 Å². The Morgan fingerprint density at radius 1 is 1.10 bits per heavy atom. The van der Waals surface area contributed by atoms with E-state index in [-0.39, 0.29) is 5.41 Å². The number of methoxy groups -OCH3 is 1. The second-order valence-corrected chi connectivity index (χ2v) is 6.63. The molecule has 4 heteroatoms. The first-order valence-electron chi connectivity index (χ1n) is 7.57. The molecule has 3 nitrogen and oxygen atoms in total. The van der Waals surface area contributed by atoms with Crippen molar-refractivity contribution in [3.05, 3.63) is 28.8 Å². The highest BCUT2D eigenvalue weighted by Gasteiger charge is 2.19. The van der Waals surface area contributed by atoms with E-state index in [0.717, 1.165) is 55.5 Å². The number of hydrogen-bond acceptors (Lipinski definition) is 3. The topological polar surface area (TPSA) is 30.5 Å². The minimum absolute atomic E-state index is 0.0297. The highest BCUT2D eigenvalue weighted by Crippen LogP contribution is 2.33. The molecular weight excluding hydrogens is 286 g/mol. The van der Waals surface area contributed by atoms with Gasteiger partial charge in [-0.05, 0) is 43.0 Å². The van der Waals surface area contributed by atoms with Crippen LogP contribution in [0.4, 0.5) is 0 Å². The Balaban J connectivity index is 2.35. The summed E-state index contributed by atoms with van der Waals surface area (Å²) < 4.78 is 10.9. The number of halogens is 1. The largest absolute Gasteiger partial charge is 0.493 e. The molecular formula is C17H28ClNO2. The van der Waals surface area contributed by atoms with Crippen molar-refractivity contribution in [2.45, 2.75) is 39.0 Å². The number of benzene rings is 1. The van der Waals surface area contributed by atoms with Crippen LogP contribution in [0.5, 0.6) is 5.75 Å². The van der Waals surface area contributed by atoms with E-state index < -0.39 is 0 Å². The highest BCUT2D eigenvalue weighted by molar-refractivity contribution is 6.30. The van der Waals surface area contributed by atoms with Crippen molar-refractivity contribution >= 4 is 11.6 Å². The van der Waals surface area contributed by atoms with Gasteiger partial charge < -0.3 is 14.8 Å². The minimum Gasteiger partial charge on any atom is -0.493 e. The zero-order chi connectivity index (χ0) is 15.7. The molecule has 0 radical (unpaired) electrons. The van der Waals surface area contributed by atoms with Gasteiger partial charge in [-0.2, -0.15) is 0 Å². The van der Waals surface area contributed by atoms with Crippen molar-refractivity contribution in [1.82, 2.24) is 5.32 Å². The third-order valence-corrected chi connectivity index (χ3v) is 3.47. The summed E-state index contributed by atoms with van der Waals surface area (Å²) in [6.45, 7) is 9.91. The summed E-state index contributed by atoms with van der Waals surface area (Å²) in [5, 5.41) is 4.09. The third-order valence-electron chi connectivity index (χ3n) is 3.24. The van der Waals surface area contributed by atoms with Gasteiger partial charge in [0.2, 0.25) is 0 Å². The second-order valence-electron chi connectivity index (χ2n) is 6.19. The number of rotatable bonds is 9. The smallest absolute Gasteiger partial charge is 0.123 e. The van der Waals surface area contributed by atoms with Gasteiger partial charge in [0.1, 0.15) is 5.75 Å². The van der Waals surface area contributed by atoms with Crippen LogP contribution in [-0.2, 0) is 10.2 Å². The zero-order valence-electron chi connectivity index (χ0n) is 13.7. The van der Waals surface area contributed by atoms with Gasteiger partial charge in [0.25, 0.3) is 0 Å². The van der Waals surface area contributed by atoms with E-state index in [1.165, 1.54) is 0 Å². The number of hydrogen-bond donors (Lipinski definition) is 1. The lowest BCUT2D eigenvalue weighted by Crippen LogP contribution is -2.20. The number of ether oxygens (including phenoxy) is 2. The molecule has 0 unspecified atom stereocenters. The quantitative estimate of drug-likeness (QED) is 0.698. The molecule has 0 aliphatic rings. The summed E-state index contributed by atoms with van der Waals surface area (Å²) in [6, 6.07) is 5.86. The summed E-state index contributed by atoms with van der Waals surface area (Å²) in [7, 11) is 1.72. The molecule has 0 amide bonds. The van der Waals surface area contributed by atoms with Gasteiger partial charge in [-0.1, -0.05) is 32.4 Å². The van der Waals surface area contributed by atoms with E-state index >= 15 is 0 Å².